The van der Waals surface area contributed by atoms with Crippen molar-refractivity contribution in [1.29, 1.82) is 5.26 Å². The first-order chi connectivity index (χ1) is 15.5. The summed E-state index contributed by atoms with van der Waals surface area (Å²) in [5.74, 6) is 2.31. The van der Waals surface area contributed by atoms with Crippen molar-refractivity contribution in [3.05, 3.63) is 65.4 Å². The van der Waals surface area contributed by atoms with Crippen LogP contribution in [0, 0.1) is 32.1 Å². The van der Waals surface area contributed by atoms with Crippen LogP contribution < -0.4 is 4.74 Å². The maximum atomic E-state index is 8.96. The Hall–Kier alpha value is -4.18. The van der Waals surface area contributed by atoms with Gasteiger partial charge in [-0.25, -0.2) is 4.98 Å². The maximum absolute atomic E-state index is 8.96. The van der Waals surface area contributed by atoms with Gasteiger partial charge >= 0.3 is 0 Å². The highest BCUT2D eigenvalue weighted by Gasteiger charge is 2.20. The second-order valence-electron chi connectivity index (χ2n) is 7.76. The number of imidazole rings is 1. The summed E-state index contributed by atoms with van der Waals surface area (Å²) in [5.41, 5.74) is 7.18. The van der Waals surface area contributed by atoms with Crippen molar-refractivity contribution in [2.24, 2.45) is 0 Å². The predicted molar refractivity (Wildman–Crippen MR) is 122 cm³/mol. The lowest BCUT2D eigenvalue weighted by atomic mass is 10.0. The minimum absolute atomic E-state index is 0.387. The summed E-state index contributed by atoms with van der Waals surface area (Å²) in [6, 6.07) is 14.2. The first kappa shape index (κ1) is 19.8. The van der Waals surface area contributed by atoms with E-state index in [0.29, 0.717) is 6.42 Å². The summed E-state index contributed by atoms with van der Waals surface area (Å²) in [4.78, 5) is 9.42. The number of rotatable bonds is 4. The molecule has 0 radical (unpaired) electrons. The molecule has 0 amide bonds. The molecule has 3 aromatic heterocycles. The minimum Gasteiger partial charge on any atom is -0.496 e. The number of pyridine rings is 1. The molecule has 0 N–H and O–H groups in total. The molecule has 7 nitrogen and oxygen atoms in total. The Balaban J connectivity index is 1.79. The second-order valence-corrected chi connectivity index (χ2v) is 7.76. The molecule has 158 valence electrons. The van der Waals surface area contributed by atoms with Crippen LogP contribution in [0.2, 0.25) is 0 Å². The van der Waals surface area contributed by atoms with Gasteiger partial charge in [0, 0.05) is 16.6 Å². The first-order valence-electron chi connectivity index (χ1n) is 10.3. The van der Waals surface area contributed by atoms with E-state index in [1.54, 1.807) is 13.3 Å². The van der Waals surface area contributed by atoms with Crippen LogP contribution in [0.15, 0.2) is 47.1 Å². The molecule has 0 bridgehead atoms. The number of hydrogen-bond acceptors (Lipinski definition) is 6. The number of fused-ring (bicyclic) bond motifs is 3. The van der Waals surface area contributed by atoms with E-state index in [1.807, 2.05) is 57.2 Å². The molecule has 0 saturated heterocycles. The third kappa shape index (κ3) is 3.00. The van der Waals surface area contributed by atoms with Gasteiger partial charge in [0.15, 0.2) is 0 Å². The summed E-state index contributed by atoms with van der Waals surface area (Å²) in [5, 5.41) is 14.0. The highest BCUT2D eigenvalue weighted by atomic mass is 16.5. The van der Waals surface area contributed by atoms with Crippen LogP contribution in [0.4, 0.5) is 0 Å². The molecule has 0 aliphatic heterocycles. The number of aromatic nitrogens is 4. The molecule has 5 aromatic rings. The fourth-order valence-electron chi connectivity index (χ4n) is 4.30. The van der Waals surface area contributed by atoms with Crippen molar-refractivity contribution in [3.63, 3.8) is 0 Å². The number of benzene rings is 2. The van der Waals surface area contributed by atoms with Crippen LogP contribution in [-0.4, -0.2) is 26.8 Å². The molecule has 0 aliphatic rings. The molecule has 7 heteroatoms. The van der Waals surface area contributed by atoms with Crippen molar-refractivity contribution in [2.75, 3.05) is 7.11 Å². The van der Waals surface area contributed by atoms with E-state index >= 15 is 0 Å². The number of nitriles is 1. The van der Waals surface area contributed by atoms with Gasteiger partial charge in [0.05, 0.1) is 48.1 Å². The average molecular weight is 423 g/mol. The SMILES string of the molecule is COc1cc2c(cc1-c1c(C)noc1C)ncc1nc(C)n(-c3ccc(CC#N)cc3)c12. The van der Waals surface area contributed by atoms with Crippen LogP contribution >= 0.6 is 0 Å². The van der Waals surface area contributed by atoms with Gasteiger partial charge in [-0.1, -0.05) is 17.3 Å². The van der Waals surface area contributed by atoms with Crippen molar-refractivity contribution >= 4 is 21.9 Å². The number of methoxy groups -OCH3 is 1. The zero-order valence-corrected chi connectivity index (χ0v) is 18.3. The Morgan fingerprint density at radius 3 is 2.53 bits per heavy atom. The van der Waals surface area contributed by atoms with Crippen LogP contribution in [0.5, 0.6) is 5.75 Å². The molecule has 0 aliphatic carbocycles. The summed E-state index contributed by atoms with van der Waals surface area (Å²) < 4.78 is 13.3. The Bertz CT molecular complexity index is 1500. The number of hydrogen-bond donors (Lipinski definition) is 0. The third-order valence-corrected chi connectivity index (χ3v) is 5.75. The lowest BCUT2D eigenvalue weighted by Crippen LogP contribution is -1.99. The van der Waals surface area contributed by atoms with Crippen LogP contribution in [0.25, 0.3) is 38.8 Å². The van der Waals surface area contributed by atoms with Crippen molar-refractivity contribution < 1.29 is 9.26 Å². The van der Waals surface area contributed by atoms with E-state index in [0.717, 1.165) is 67.3 Å². The minimum atomic E-state index is 0.387. The Morgan fingerprint density at radius 1 is 1.09 bits per heavy atom. The number of nitrogens with zero attached hydrogens (tertiary/aromatic N) is 5. The van der Waals surface area contributed by atoms with E-state index in [1.165, 1.54) is 0 Å². The van der Waals surface area contributed by atoms with Gasteiger partial charge in [0.1, 0.15) is 22.9 Å². The molecule has 0 atom stereocenters. The molecular weight excluding hydrogens is 402 g/mol. The Labute approximate surface area is 184 Å². The van der Waals surface area contributed by atoms with E-state index in [2.05, 4.69) is 20.8 Å². The Kier molecular flexibility index (Phi) is 4.63. The molecule has 5 rings (SSSR count). The Morgan fingerprint density at radius 2 is 1.88 bits per heavy atom. The highest BCUT2D eigenvalue weighted by Crippen LogP contribution is 2.39. The molecule has 3 heterocycles. The van der Waals surface area contributed by atoms with Crippen LogP contribution in [-0.2, 0) is 6.42 Å². The highest BCUT2D eigenvalue weighted by molar-refractivity contribution is 6.05. The van der Waals surface area contributed by atoms with E-state index in [9.17, 15) is 0 Å². The zero-order valence-electron chi connectivity index (χ0n) is 18.3. The van der Waals surface area contributed by atoms with E-state index < -0.39 is 0 Å². The quantitative estimate of drug-likeness (QED) is 0.393. The second kappa shape index (κ2) is 7.50. The van der Waals surface area contributed by atoms with Gasteiger partial charge < -0.3 is 9.26 Å². The molecule has 0 unspecified atom stereocenters. The van der Waals surface area contributed by atoms with Gasteiger partial charge in [-0.2, -0.15) is 5.26 Å². The van der Waals surface area contributed by atoms with E-state index in [4.69, 9.17) is 19.5 Å². The van der Waals surface area contributed by atoms with Gasteiger partial charge in [-0.15, -0.1) is 0 Å². The largest absolute Gasteiger partial charge is 0.496 e. The fraction of sp³-hybridized carbons (Fsp3) is 0.200. The third-order valence-electron chi connectivity index (χ3n) is 5.75. The first-order valence-corrected chi connectivity index (χ1v) is 10.3. The monoisotopic (exact) mass is 423 g/mol. The van der Waals surface area contributed by atoms with Crippen LogP contribution in [0.1, 0.15) is 22.8 Å². The van der Waals surface area contributed by atoms with Crippen molar-refractivity contribution in [3.8, 4) is 28.6 Å². The van der Waals surface area contributed by atoms with Gasteiger partial charge in [0.2, 0.25) is 0 Å². The lowest BCUT2D eigenvalue weighted by molar-refractivity contribution is 0.393. The number of ether oxygens (including phenoxy) is 1. The molecule has 2 aromatic carbocycles. The van der Waals surface area contributed by atoms with Gasteiger partial charge in [-0.05, 0) is 50.6 Å². The smallest absolute Gasteiger partial charge is 0.141 e. The summed E-state index contributed by atoms with van der Waals surface area (Å²) in [7, 11) is 1.66. The average Bonchev–Trinajstić information content (AvgIpc) is 3.31. The predicted octanol–water partition coefficient (Wildman–Crippen LogP) is 5.23. The standard InChI is InChI=1S/C25H21N5O2/c1-14-24(15(2)32-29-14)20-11-21-19(12-23(20)31-4)25-22(13-27-21)28-16(3)30(25)18-7-5-17(6-8-18)9-10-26/h5-8,11-13H,9H2,1-4H3. The lowest BCUT2D eigenvalue weighted by Gasteiger charge is -2.13. The van der Waals surface area contributed by atoms with Crippen molar-refractivity contribution in [2.45, 2.75) is 27.2 Å². The molecule has 0 fully saturated rings. The zero-order chi connectivity index (χ0) is 22.4. The molecule has 0 saturated carbocycles. The molecule has 32 heavy (non-hydrogen) atoms. The molecular formula is C25H21N5O2. The van der Waals surface area contributed by atoms with Gasteiger partial charge in [0.25, 0.3) is 0 Å². The maximum Gasteiger partial charge on any atom is 0.141 e. The number of aryl methyl sites for hydroxylation is 3. The topological polar surface area (TPSA) is 89.8 Å². The normalized spacial score (nSPS) is 11.2. The van der Waals surface area contributed by atoms with Crippen molar-refractivity contribution in [1.82, 2.24) is 19.7 Å². The van der Waals surface area contributed by atoms with Crippen LogP contribution in [0.3, 0.4) is 0 Å². The summed E-state index contributed by atoms with van der Waals surface area (Å²) in [6.07, 6.45) is 2.19. The molecule has 0 spiro atoms. The van der Waals surface area contributed by atoms with Gasteiger partial charge in [-0.3, -0.25) is 9.55 Å². The summed E-state index contributed by atoms with van der Waals surface area (Å²) >= 11 is 0. The van der Waals surface area contributed by atoms with E-state index in [-0.39, 0.29) is 0 Å². The fourth-order valence-corrected chi connectivity index (χ4v) is 4.30. The summed E-state index contributed by atoms with van der Waals surface area (Å²) in [6.45, 7) is 5.79.